The zero-order valence-electron chi connectivity index (χ0n) is 10.9. The molecular weight excluding hydrogens is 220 g/mol. The zero-order chi connectivity index (χ0) is 13.4. The molecule has 2 heteroatoms. The number of nitriles is 2. The second-order valence-corrected chi connectivity index (χ2v) is 4.57. The molecule has 0 saturated carbocycles. The van der Waals surface area contributed by atoms with Crippen molar-refractivity contribution >= 4 is 0 Å². The fourth-order valence-corrected chi connectivity index (χ4v) is 1.90. The van der Waals surface area contributed by atoms with E-state index >= 15 is 0 Å². The highest BCUT2D eigenvalue weighted by atomic mass is 14.3. The Labute approximate surface area is 109 Å². The van der Waals surface area contributed by atoms with Gasteiger partial charge in [0.2, 0.25) is 0 Å². The molecule has 0 spiro atoms. The standard InChI is InChI=1S/C16H18N2/c1-3-13(2)9-16(10-14(11-17)12-18)15-7-5-4-6-8-15/h4-8,10,13,16H,3,9H2,1-2H3. The number of allylic oxidation sites excluding steroid dienone is 2. The summed E-state index contributed by atoms with van der Waals surface area (Å²) in [6.45, 7) is 4.36. The summed E-state index contributed by atoms with van der Waals surface area (Å²) in [4.78, 5) is 0. The smallest absolute Gasteiger partial charge is 0.126 e. The van der Waals surface area contributed by atoms with Crippen molar-refractivity contribution in [3.05, 3.63) is 47.5 Å². The van der Waals surface area contributed by atoms with Crippen molar-refractivity contribution in [2.24, 2.45) is 5.92 Å². The third-order valence-corrected chi connectivity index (χ3v) is 3.19. The molecule has 0 radical (unpaired) electrons. The van der Waals surface area contributed by atoms with E-state index < -0.39 is 0 Å². The van der Waals surface area contributed by atoms with E-state index in [9.17, 15) is 0 Å². The van der Waals surface area contributed by atoms with Gasteiger partial charge in [0.25, 0.3) is 0 Å². The Hall–Kier alpha value is -2.06. The van der Waals surface area contributed by atoms with Gasteiger partial charge in [-0.2, -0.15) is 10.5 Å². The van der Waals surface area contributed by atoms with Crippen molar-refractivity contribution in [3.63, 3.8) is 0 Å². The third kappa shape index (κ3) is 4.07. The van der Waals surface area contributed by atoms with Crippen LogP contribution in [-0.4, -0.2) is 0 Å². The van der Waals surface area contributed by atoms with Crippen LogP contribution in [0.25, 0.3) is 0 Å². The largest absolute Gasteiger partial charge is 0.192 e. The normalized spacial score (nSPS) is 12.9. The molecule has 0 aliphatic heterocycles. The van der Waals surface area contributed by atoms with Gasteiger partial charge in [-0.25, -0.2) is 0 Å². The molecule has 18 heavy (non-hydrogen) atoms. The minimum atomic E-state index is 0.149. The van der Waals surface area contributed by atoms with Gasteiger partial charge in [0.15, 0.2) is 0 Å². The maximum absolute atomic E-state index is 8.87. The van der Waals surface area contributed by atoms with E-state index in [0.29, 0.717) is 5.92 Å². The molecule has 0 N–H and O–H groups in total. The van der Waals surface area contributed by atoms with E-state index in [1.54, 1.807) is 6.08 Å². The average molecular weight is 238 g/mol. The van der Waals surface area contributed by atoms with Crippen LogP contribution in [0.3, 0.4) is 0 Å². The molecule has 1 aromatic rings. The summed E-state index contributed by atoms with van der Waals surface area (Å²) in [5.74, 6) is 0.723. The van der Waals surface area contributed by atoms with E-state index in [2.05, 4.69) is 26.0 Å². The van der Waals surface area contributed by atoms with E-state index in [-0.39, 0.29) is 11.5 Å². The van der Waals surface area contributed by atoms with E-state index in [1.165, 1.54) is 5.56 Å². The number of rotatable bonds is 5. The molecule has 92 valence electrons. The predicted octanol–water partition coefficient (Wildman–Crippen LogP) is 4.18. The molecule has 2 nitrogen and oxygen atoms in total. The van der Waals surface area contributed by atoms with Crippen LogP contribution in [0, 0.1) is 28.6 Å². The first kappa shape index (κ1) is 14.0. The average Bonchev–Trinajstić information content (AvgIpc) is 2.44. The quantitative estimate of drug-likeness (QED) is 0.722. The molecule has 0 saturated heterocycles. The van der Waals surface area contributed by atoms with Crippen LogP contribution in [-0.2, 0) is 0 Å². The number of hydrogen-bond acceptors (Lipinski definition) is 2. The summed E-state index contributed by atoms with van der Waals surface area (Å²) in [6.07, 6.45) is 3.86. The highest BCUT2D eigenvalue weighted by Crippen LogP contribution is 2.27. The lowest BCUT2D eigenvalue weighted by Crippen LogP contribution is -2.03. The predicted molar refractivity (Wildman–Crippen MR) is 72.6 cm³/mol. The Kier molecular flexibility index (Phi) is 5.68. The molecule has 0 amide bonds. The Morgan fingerprint density at radius 3 is 2.33 bits per heavy atom. The van der Waals surface area contributed by atoms with E-state index in [4.69, 9.17) is 10.5 Å². The van der Waals surface area contributed by atoms with Crippen LogP contribution >= 0.6 is 0 Å². The molecule has 1 aromatic carbocycles. The van der Waals surface area contributed by atoms with Crippen molar-refractivity contribution in [2.45, 2.75) is 32.6 Å². The van der Waals surface area contributed by atoms with Gasteiger partial charge in [0, 0.05) is 5.92 Å². The molecule has 0 aliphatic rings. The topological polar surface area (TPSA) is 47.6 Å². The van der Waals surface area contributed by atoms with Crippen LogP contribution < -0.4 is 0 Å². The summed E-state index contributed by atoms with van der Waals surface area (Å²) in [6, 6.07) is 13.9. The van der Waals surface area contributed by atoms with Gasteiger partial charge in [-0.1, -0.05) is 50.6 Å². The molecule has 0 aromatic heterocycles. The second kappa shape index (κ2) is 7.30. The van der Waals surface area contributed by atoms with Crippen molar-refractivity contribution in [3.8, 4) is 12.1 Å². The lowest BCUT2D eigenvalue weighted by molar-refractivity contribution is 0.490. The van der Waals surface area contributed by atoms with Crippen molar-refractivity contribution < 1.29 is 0 Å². The zero-order valence-corrected chi connectivity index (χ0v) is 10.9. The molecule has 2 unspecified atom stereocenters. The molecule has 0 heterocycles. The minimum Gasteiger partial charge on any atom is -0.192 e. The number of nitrogens with zero attached hydrogens (tertiary/aromatic N) is 2. The number of hydrogen-bond donors (Lipinski definition) is 0. The highest BCUT2D eigenvalue weighted by molar-refractivity contribution is 5.39. The monoisotopic (exact) mass is 238 g/mol. The Morgan fingerprint density at radius 2 is 1.83 bits per heavy atom. The first-order valence-electron chi connectivity index (χ1n) is 6.28. The van der Waals surface area contributed by atoms with Crippen LogP contribution in [0.2, 0.25) is 0 Å². The molecule has 0 bridgehead atoms. The summed E-state index contributed by atoms with van der Waals surface area (Å²) >= 11 is 0. The summed E-state index contributed by atoms with van der Waals surface area (Å²) < 4.78 is 0. The van der Waals surface area contributed by atoms with Gasteiger partial charge in [-0.05, 0) is 24.0 Å². The molecular formula is C16H18N2. The van der Waals surface area contributed by atoms with Crippen LogP contribution in [0.15, 0.2) is 42.0 Å². The third-order valence-electron chi connectivity index (χ3n) is 3.19. The lowest BCUT2D eigenvalue weighted by Gasteiger charge is -2.17. The van der Waals surface area contributed by atoms with Crippen LogP contribution in [0.5, 0.6) is 0 Å². The Morgan fingerprint density at radius 1 is 1.22 bits per heavy atom. The van der Waals surface area contributed by atoms with Crippen molar-refractivity contribution in [2.75, 3.05) is 0 Å². The van der Waals surface area contributed by atoms with Crippen LogP contribution in [0.4, 0.5) is 0 Å². The summed E-state index contributed by atoms with van der Waals surface area (Å²) in [5.41, 5.74) is 1.37. The van der Waals surface area contributed by atoms with Gasteiger partial charge >= 0.3 is 0 Å². The molecule has 2 atom stereocenters. The Bertz CT molecular complexity index is 458. The fraction of sp³-hybridized carbons (Fsp3) is 0.375. The van der Waals surface area contributed by atoms with E-state index in [1.807, 2.05) is 30.3 Å². The maximum atomic E-state index is 8.87. The first-order valence-corrected chi connectivity index (χ1v) is 6.28. The van der Waals surface area contributed by atoms with Crippen LogP contribution in [0.1, 0.15) is 38.2 Å². The van der Waals surface area contributed by atoms with E-state index in [0.717, 1.165) is 12.8 Å². The van der Waals surface area contributed by atoms with Gasteiger partial charge < -0.3 is 0 Å². The summed E-state index contributed by atoms with van der Waals surface area (Å²) in [7, 11) is 0. The second-order valence-electron chi connectivity index (χ2n) is 4.57. The minimum absolute atomic E-state index is 0.149. The molecule has 0 fully saturated rings. The molecule has 0 aliphatic carbocycles. The Balaban J connectivity index is 3.01. The SMILES string of the molecule is CCC(C)CC(C=C(C#N)C#N)c1ccccc1. The fourth-order valence-electron chi connectivity index (χ4n) is 1.90. The summed E-state index contributed by atoms with van der Waals surface area (Å²) in [5, 5.41) is 17.7. The van der Waals surface area contributed by atoms with Gasteiger partial charge in [-0.15, -0.1) is 0 Å². The van der Waals surface area contributed by atoms with Gasteiger partial charge in [-0.3, -0.25) is 0 Å². The first-order chi connectivity index (χ1) is 8.71. The van der Waals surface area contributed by atoms with Crippen molar-refractivity contribution in [1.82, 2.24) is 0 Å². The maximum Gasteiger partial charge on any atom is 0.126 e. The number of benzene rings is 1. The van der Waals surface area contributed by atoms with Crippen molar-refractivity contribution in [1.29, 1.82) is 10.5 Å². The van der Waals surface area contributed by atoms with Gasteiger partial charge in [0.05, 0.1) is 0 Å². The highest BCUT2D eigenvalue weighted by Gasteiger charge is 2.13. The molecule has 1 rings (SSSR count). The van der Waals surface area contributed by atoms with Gasteiger partial charge in [0.1, 0.15) is 17.7 Å². The lowest BCUT2D eigenvalue weighted by atomic mass is 9.87.